The molecule has 0 aliphatic rings. The van der Waals surface area contributed by atoms with Gasteiger partial charge < -0.3 is 4.74 Å². The van der Waals surface area contributed by atoms with Crippen molar-refractivity contribution in [3.8, 4) is 0 Å². The van der Waals surface area contributed by atoms with Crippen molar-refractivity contribution in [1.29, 1.82) is 0 Å². The summed E-state index contributed by atoms with van der Waals surface area (Å²) < 4.78 is 4.95. The molecule has 3 nitrogen and oxygen atoms in total. The maximum atomic E-state index is 13.0. The lowest BCUT2D eigenvalue weighted by molar-refractivity contribution is -0.141. The molecule has 29 heavy (non-hydrogen) atoms. The molecule has 2 atom stereocenters. The first kappa shape index (κ1) is 20.8. The van der Waals surface area contributed by atoms with Crippen LogP contribution in [0.4, 0.5) is 0 Å². The molecule has 0 saturated carbocycles. The van der Waals surface area contributed by atoms with Gasteiger partial charge >= 0.3 is 5.97 Å². The first-order valence-corrected chi connectivity index (χ1v) is 9.91. The van der Waals surface area contributed by atoms with E-state index in [0.717, 1.165) is 11.1 Å². The van der Waals surface area contributed by atoms with Crippen molar-refractivity contribution in [3.63, 3.8) is 0 Å². The van der Waals surface area contributed by atoms with Crippen molar-refractivity contribution >= 4 is 23.4 Å². The zero-order valence-corrected chi connectivity index (χ0v) is 17.0. The van der Waals surface area contributed by atoms with Crippen molar-refractivity contribution in [2.24, 2.45) is 0 Å². The minimum absolute atomic E-state index is 0.0447. The Labute approximate surface area is 176 Å². The summed E-state index contributed by atoms with van der Waals surface area (Å²) in [6.45, 7) is 0. The van der Waals surface area contributed by atoms with E-state index < -0.39 is 0 Å². The number of methoxy groups -OCH3 is 1. The molecule has 0 heterocycles. The van der Waals surface area contributed by atoms with Gasteiger partial charge in [-0.25, -0.2) is 0 Å². The van der Waals surface area contributed by atoms with E-state index in [1.54, 1.807) is 0 Å². The van der Waals surface area contributed by atoms with Crippen molar-refractivity contribution in [1.82, 2.24) is 0 Å². The first-order chi connectivity index (χ1) is 14.1. The van der Waals surface area contributed by atoms with Gasteiger partial charge in [0.05, 0.1) is 13.5 Å². The molecule has 0 unspecified atom stereocenters. The van der Waals surface area contributed by atoms with Crippen LogP contribution >= 0.6 is 11.6 Å². The van der Waals surface area contributed by atoms with E-state index in [4.69, 9.17) is 16.3 Å². The Balaban J connectivity index is 2.01. The van der Waals surface area contributed by atoms with Crippen LogP contribution in [-0.4, -0.2) is 18.9 Å². The van der Waals surface area contributed by atoms with Crippen molar-refractivity contribution in [2.45, 2.75) is 24.7 Å². The highest BCUT2D eigenvalue weighted by Gasteiger charge is 2.29. The number of halogens is 1. The van der Waals surface area contributed by atoms with Crippen LogP contribution in [0.5, 0.6) is 0 Å². The molecule has 0 saturated heterocycles. The van der Waals surface area contributed by atoms with E-state index >= 15 is 0 Å². The van der Waals surface area contributed by atoms with Crippen LogP contribution in [0.25, 0.3) is 0 Å². The van der Waals surface area contributed by atoms with Crippen LogP contribution in [0.1, 0.15) is 46.2 Å². The second kappa shape index (κ2) is 10.0. The molecular weight excluding hydrogens is 384 g/mol. The number of benzene rings is 3. The van der Waals surface area contributed by atoms with E-state index in [0.29, 0.717) is 10.6 Å². The number of ether oxygens (including phenoxy) is 1. The Morgan fingerprint density at radius 1 is 0.759 bits per heavy atom. The van der Waals surface area contributed by atoms with E-state index in [2.05, 4.69) is 0 Å². The van der Waals surface area contributed by atoms with Gasteiger partial charge in [0.25, 0.3) is 0 Å². The molecule has 0 amide bonds. The standard InChI is InChI=1S/C25H23ClO3/c1-29-25(28)17-23(19-12-14-21(26)15-13-19)22(18-8-4-2-5-9-18)16-24(27)20-10-6-3-7-11-20/h2-15,22-23H,16-17H2,1H3/t22-,23+/m0/s1. The molecule has 0 aliphatic heterocycles. The van der Waals surface area contributed by atoms with Crippen molar-refractivity contribution in [3.05, 3.63) is 107 Å². The van der Waals surface area contributed by atoms with E-state index in [9.17, 15) is 9.59 Å². The summed E-state index contributed by atoms with van der Waals surface area (Å²) in [6.07, 6.45) is 0.470. The summed E-state index contributed by atoms with van der Waals surface area (Å²) in [5.74, 6) is -0.653. The largest absolute Gasteiger partial charge is 0.469 e. The summed E-state index contributed by atoms with van der Waals surface area (Å²) in [4.78, 5) is 25.3. The van der Waals surface area contributed by atoms with Gasteiger partial charge in [-0.3, -0.25) is 9.59 Å². The molecule has 4 heteroatoms. The summed E-state index contributed by atoms with van der Waals surface area (Å²) in [7, 11) is 1.38. The molecule has 0 spiro atoms. The Morgan fingerprint density at radius 3 is 1.86 bits per heavy atom. The van der Waals surface area contributed by atoms with E-state index in [1.165, 1.54) is 7.11 Å². The third-order valence-corrected chi connectivity index (χ3v) is 5.38. The molecule has 0 bridgehead atoms. The molecule has 0 aliphatic carbocycles. The fraction of sp³-hybridized carbons (Fsp3) is 0.200. The summed E-state index contributed by atoms with van der Waals surface area (Å²) >= 11 is 6.06. The summed E-state index contributed by atoms with van der Waals surface area (Å²) in [5.41, 5.74) is 2.64. The number of Topliss-reactive ketones (excluding diaryl/α,β-unsaturated/α-hetero) is 1. The van der Waals surface area contributed by atoms with Crippen molar-refractivity contribution in [2.75, 3.05) is 7.11 Å². The second-order valence-electron chi connectivity index (χ2n) is 6.95. The fourth-order valence-electron chi connectivity index (χ4n) is 3.60. The third-order valence-electron chi connectivity index (χ3n) is 5.13. The predicted molar refractivity (Wildman–Crippen MR) is 115 cm³/mol. The molecule has 0 N–H and O–H groups in total. The Hall–Kier alpha value is -2.91. The number of rotatable bonds is 8. The number of hydrogen-bond acceptors (Lipinski definition) is 3. The monoisotopic (exact) mass is 406 g/mol. The van der Waals surface area contributed by atoms with Gasteiger partial charge in [-0.05, 0) is 29.2 Å². The first-order valence-electron chi connectivity index (χ1n) is 9.54. The van der Waals surface area contributed by atoms with Gasteiger partial charge in [0.2, 0.25) is 0 Å². The summed E-state index contributed by atoms with van der Waals surface area (Å²) in [6, 6.07) is 26.5. The van der Waals surface area contributed by atoms with Crippen LogP contribution in [0.2, 0.25) is 5.02 Å². The van der Waals surface area contributed by atoms with Gasteiger partial charge in [-0.15, -0.1) is 0 Å². The third kappa shape index (κ3) is 5.55. The quantitative estimate of drug-likeness (QED) is 0.338. The predicted octanol–water partition coefficient (Wildman–Crippen LogP) is 6.04. The maximum absolute atomic E-state index is 13.0. The van der Waals surface area contributed by atoms with Crippen LogP contribution < -0.4 is 0 Å². The van der Waals surface area contributed by atoms with Crippen LogP contribution in [0, 0.1) is 0 Å². The molecule has 3 aromatic rings. The molecule has 3 rings (SSSR count). The average molecular weight is 407 g/mol. The van der Waals surface area contributed by atoms with Gasteiger partial charge in [0, 0.05) is 22.9 Å². The normalized spacial score (nSPS) is 12.8. The molecule has 148 valence electrons. The molecular formula is C25H23ClO3. The van der Waals surface area contributed by atoms with Gasteiger partial charge in [0.1, 0.15) is 0 Å². The van der Waals surface area contributed by atoms with Crippen molar-refractivity contribution < 1.29 is 14.3 Å². The van der Waals surface area contributed by atoms with Crippen LogP contribution in [-0.2, 0) is 9.53 Å². The summed E-state index contributed by atoms with van der Waals surface area (Å²) in [5, 5.41) is 0.627. The lowest BCUT2D eigenvalue weighted by atomic mass is 9.76. The van der Waals surface area contributed by atoms with E-state index in [-0.39, 0.29) is 36.4 Å². The Bertz CT molecular complexity index is 937. The topological polar surface area (TPSA) is 43.4 Å². The maximum Gasteiger partial charge on any atom is 0.306 e. The lowest BCUT2D eigenvalue weighted by Crippen LogP contribution is -2.19. The number of carbonyl (C=O) groups is 2. The highest BCUT2D eigenvalue weighted by molar-refractivity contribution is 6.30. The number of ketones is 1. The van der Waals surface area contributed by atoms with Gasteiger partial charge in [-0.2, -0.15) is 0 Å². The molecule has 0 aromatic heterocycles. The van der Waals surface area contributed by atoms with E-state index in [1.807, 2.05) is 84.9 Å². The SMILES string of the molecule is COC(=O)C[C@H](c1ccc(Cl)cc1)[C@@H](CC(=O)c1ccccc1)c1ccccc1. The fourth-order valence-corrected chi connectivity index (χ4v) is 3.73. The average Bonchev–Trinajstić information content (AvgIpc) is 2.77. The van der Waals surface area contributed by atoms with Crippen LogP contribution in [0.15, 0.2) is 84.9 Å². The zero-order chi connectivity index (χ0) is 20.6. The number of hydrogen-bond donors (Lipinski definition) is 0. The second-order valence-corrected chi connectivity index (χ2v) is 7.39. The van der Waals surface area contributed by atoms with Gasteiger partial charge in [0.15, 0.2) is 5.78 Å². The molecule has 0 radical (unpaired) electrons. The highest BCUT2D eigenvalue weighted by Crippen LogP contribution is 2.39. The molecule has 3 aromatic carbocycles. The minimum Gasteiger partial charge on any atom is -0.469 e. The molecule has 0 fully saturated rings. The smallest absolute Gasteiger partial charge is 0.306 e. The lowest BCUT2D eigenvalue weighted by Gasteiger charge is -2.27. The zero-order valence-electron chi connectivity index (χ0n) is 16.3. The minimum atomic E-state index is -0.307. The Kier molecular flexibility index (Phi) is 7.20. The highest BCUT2D eigenvalue weighted by atomic mass is 35.5. The van der Waals surface area contributed by atoms with Gasteiger partial charge in [-0.1, -0.05) is 84.4 Å². The Morgan fingerprint density at radius 2 is 1.28 bits per heavy atom. The number of carbonyl (C=O) groups excluding carboxylic acids is 2. The van der Waals surface area contributed by atoms with Crippen LogP contribution in [0.3, 0.4) is 0 Å². The number of esters is 1.